The number of carbonyl (C=O) groups is 3. The molecule has 1 amide bonds. The summed E-state index contributed by atoms with van der Waals surface area (Å²) in [5.41, 5.74) is 1.09. The molecule has 0 aliphatic rings. The second-order valence-corrected chi connectivity index (χ2v) is 6.78. The summed E-state index contributed by atoms with van der Waals surface area (Å²) in [6.07, 6.45) is 0. The predicted octanol–water partition coefficient (Wildman–Crippen LogP) is 2.88. The van der Waals surface area contributed by atoms with E-state index in [1.54, 1.807) is 26.0 Å². The van der Waals surface area contributed by atoms with Crippen LogP contribution in [0, 0.1) is 6.92 Å². The fraction of sp³-hybridized carbons (Fsp3) is 0.350. The van der Waals surface area contributed by atoms with Crippen LogP contribution in [0.25, 0.3) is 0 Å². The number of Topliss-reactive ketones (excluding diaryl/α,β-unsaturated/α-hetero) is 1. The smallest absolute Gasteiger partial charge is 0.344 e. The maximum atomic E-state index is 12.4. The molecule has 0 fully saturated rings. The predicted molar refractivity (Wildman–Crippen MR) is 105 cm³/mol. The first-order valence-corrected chi connectivity index (χ1v) is 9.32. The topological polar surface area (TPSA) is 102 Å². The highest BCUT2D eigenvalue weighted by atomic mass is 35.5. The Bertz CT molecular complexity index is 873. The van der Waals surface area contributed by atoms with Crippen LogP contribution in [0.4, 0.5) is 5.88 Å². The minimum Gasteiger partial charge on any atom is -0.462 e. The van der Waals surface area contributed by atoms with Crippen molar-refractivity contribution < 1.29 is 28.9 Å². The fourth-order valence-electron chi connectivity index (χ4n) is 2.82. The highest BCUT2D eigenvalue weighted by Crippen LogP contribution is 2.28. The maximum Gasteiger partial charge on any atom is 0.344 e. The van der Waals surface area contributed by atoms with Gasteiger partial charge in [-0.1, -0.05) is 23.7 Å². The highest BCUT2D eigenvalue weighted by molar-refractivity contribution is 6.30. The first kappa shape index (κ1) is 21.7. The molecule has 0 bridgehead atoms. The molecular weight excluding hydrogens is 384 g/mol. The number of amides is 1. The number of rotatable bonds is 8. The van der Waals surface area contributed by atoms with Crippen LogP contribution < -0.4 is 10.6 Å². The van der Waals surface area contributed by atoms with Crippen LogP contribution in [0.5, 0.6) is 0 Å². The minimum absolute atomic E-state index is 0.0265. The van der Waals surface area contributed by atoms with Crippen LogP contribution in [-0.4, -0.2) is 30.8 Å². The zero-order valence-electron chi connectivity index (χ0n) is 16.3. The number of nitrogens with two attached hydrogens (primary N) is 1. The van der Waals surface area contributed by atoms with Crippen molar-refractivity contribution >= 4 is 35.1 Å². The molecule has 1 heterocycles. The summed E-state index contributed by atoms with van der Waals surface area (Å²) in [6, 6.07) is 7.41. The number of ether oxygens (including phenoxy) is 1. The van der Waals surface area contributed by atoms with Crippen molar-refractivity contribution in [3.63, 3.8) is 0 Å². The van der Waals surface area contributed by atoms with Crippen LogP contribution in [0.3, 0.4) is 0 Å². The molecule has 0 saturated carbocycles. The summed E-state index contributed by atoms with van der Waals surface area (Å²) >= 11 is 5.89. The second-order valence-electron chi connectivity index (χ2n) is 6.34. The van der Waals surface area contributed by atoms with Crippen molar-refractivity contribution in [2.24, 2.45) is 0 Å². The summed E-state index contributed by atoms with van der Waals surface area (Å²) < 4.78 is 10.5. The molecule has 3 N–H and O–H groups in total. The van der Waals surface area contributed by atoms with E-state index in [2.05, 4.69) is 5.32 Å². The molecular formula is C20H24ClN2O5+. The molecule has 0 radical (unpaired) electrons. The number of anilines is 1. The number of esters is 1. The number of hydrogen-bond donors (Lipinski definition) is 2. The van der Waals surface area contributed by atoms with Crippen LogP contribution >= 0.6 is 11.6 Å². The Balaban J connectivity index is 2.10. The maximum absolute atomic E-state index is 12.4. The number of furan rings is 1. The summed E-state index contributed by atoms with van der Waals surface area (Å²) in [5, 5.41) is 5.06. The third kappa shape index (κ3) is 5.21. The normalized spacial score (nSPS) is 11.8. The van der Waals surface area contributed by atoms with Crippen LogP contribution in [0.1, 0.15) is 58.9 Å². The van der Waals surface area contributed by atoms with Gasteiger partial charge in [0.2, 0.25) is 5.88 Å². The lowest BCUT2D eigenvalue weighted by molar-refractivity contribution is -0.682. The van der Waals surface area contributed by atoms with Gasteiger partial charge in [-0.2, -0.15) is 0 Å². The first-order valence-electron chi connectivity index (χ1n) is 8.94. The zero-order chi connectivity index (χ0) is 20.8. The molecule has 1 atom stereocenters. The Morgan fingerprint density at radius 1 is 1.21 bits per heavy atom. The number of halogens is 1. The monoisotopic (exact) mass is 407 g/mol. The number of aryl methyl sites for hydroxylation is 1. The zero-order valence-corrected chi connectivity index (χ0v) is 17.1. The average Bonchev–Trinajstić information content (AvgIpc) is 2.96. The van der Waals surface area contributed by atoms with Gasteiger partial charge in [-0.15, -0.1) is 0 Å². The number of hydrogen-bond acceptors (Lipinski definition) is 5. The summed E-state index contributed by atoms with van der Waals surface area (Å²) in [4.78, 5) is 36.5. The van der Waals surface area contributed by atoms with Gasteiger partial charge in [0.1, 0.15) is 17.4 Å². The van der Waals surface area contributed by atoms with E-state index in [4.69, 9.17) is 20.8 Å². The van der Waals surface area contributed by atoms with Crippen molar-refractivity contribution in [3.8, 4) is 0 Å². The van der Waals surface area contributed by atoms with E-state index in [-0.39, 0.29) is 53.7 Å². The van der Waals surface area contributed by atoms with E-state index >= 15 is 0 Å². The van der Waals surface area contributed by atoms with E-state index in [1.807, 2.05) is 24.4 Å². The van der Waals surface area contributed by atoms with Gasteiger partial charge in [0.15, 0.2) is 12.3 Å². The van der Waals surface area contributed by atoms with E-state index in [9.17, 15) is 14.4 Å². The molecule has 7 nitrogen and oxygen atoms in total. The summed E-state index contributed by atoms with van der Waals surface area (Å²) in [5.74, 6) is -1.23. The van der Waals surface area contributed by atoms with Crippen LogP contribution in [0.15, 0.2) is 28.7 Å². The van der Waals surface area contributed by atoms with Gasteiger partial charge in [0.05, 0.1) is 12.2 Å². The van der Waals surface area contributed by atoms with Crippen molar-refractivity contribution in [1.82, 2.24) is 0 Å². The van der Waals surface area contributed by atoms with Gasteiger partial charge in [-0.3, -0.25) is 14.9 Å². The van der Waals surface area contributed by atoms with E-state index in [0.717, 1.165) is 5.56 Å². The summed E-state index contributed by atoms with van der Waals surface area (Å²) in [7, 11) is 0. The Morgan fingerprint density at radius 2 is 1.86 bits per heavy atom. The molecule has 28 heavy (non-hydrogen) atoms. The first-order chi connectivity index (χ1) is 13.2. The molecule has 2 aromatic rings. The lowest BCUT2D eigenvalue weighted by Gasteiger charge is -2.11. The molecule has 1 aromatic heterocycles. The quantitative estimate of drug-likeness (QED) is 0.517. The Kier molecular flexibility index (Phi) is 7.37. The molecule has 8 heteroatoms. The van der Waals surface area contributed by atoms with Crippen LogP contribution in [0.2, 0.25) is 5.02 Å². The van der Waals surface area contributed by atoms with Gasteiger partial charge < -0.3 is 14.5 Å². The largest absolute Gasteiger partial charge is 0.462 e. The molecule has 0 saturated heterocycles. The van der Waals surface area contributed by atoms with Gasteiger partial charge in [-0.05, 0) is 39.8 Å². The highest BCUT2D eigenvalue weighted by Gasteiger charge is 2.29. The minimum atomic E-state index is -0.710. The van der Waals surface area contributed by atoms with Crippen LogP contribution in [-0.2, 0) is 9.53 Å². The number of quaternary nitrogens is 1. The van der Waals surface area contributed by atoms with E-state index < -0.39 is 5.97 Å². The van der Waals surface area contributed by atoms with Gasteiger partial charge in [-0.25, -0.2) is 4.79 Å². The third-order valence-corrected chi connectivity index (χ3v) is 4.47. The molecule has 1 aromatic carbocycles. The Hall–Kier alpha value is -2.64. The standard InChI is InChI=1S/C20H23ClN2O5/c1-5-27-20(26)18-17(12(3)24)13(4)28-19(18)23-16(25)10-22-11(2)14-6-8-15(21)9-7-14/h6-9,11,22H,5,10H2,1-4H3,(H,23,25)/p+1/t11-/m0/s1. The van der Waals surface area contributed by atoms with Crippen molar-refractivity contribution in [3.05, 3.63) is 51.7 Å². The molecule has 0 unspecified atom stereocenters. The number of nitrogens with one attached hydrogen (secondary N) is 1. The van der Waals surface area contributed by atoms with Crippen molar-refractivity contribution in [2.45, 2.75) is 33.7 Å². The SMILES string of the molecule is CCOC(=O)c1c(NC(=O)C[NH2+][C@@H](C)c2ccc(Cl)cc2)oc(C)c1C(C)=O. The molecule has 0 aliphatic carbocycles. The lowest BCUT2D eigenvalue weighted by atomic mass is 10.1. The summed E-state index contributed by atoms with van der Waals surface area (Å²) in [6.45, 7) is 6.74. The lowest BCUT2D eigenvalue weighted by Crippen LogP contribution is -2.86. The van der Waals surface area contributed by atoms with Gasteiger partial charge in [0, 0.05) is 10.6 Å². The third-order valence-electron chi connectivity index (χ3n) is 4.22. The van der Waals surface area contributed by atoms with Crippen molar-refractivity contribution in [1.29, 1.82) is 0 Å². The van der Waals surface area contributed by atoms with E-state index in [1.165, 1.54) is 6.92 Å². The number of carbonyl (C=O) groups excluding carboxylic acids is 3. The number of benzene rings is 1. The average molecular weight is 408 g/mol. The Labute approximate surface area is 168 Å². The van der Waals surface area contributed by atoms with Gasteiger partial charge >= 0.3 is 5.97 Å². The van der Waals surface area contributed by atoms with Gasteiger partial charge in [0.25, 0.3) is 5.91 Å². The van der Waals surface area contributed by atoms with Crippen molar-refractivity contribution in [2.75, 3.05) is 18.5 Å². The number of ketones is 1. The molecule has 2 rings (SSSR count). The van der Waals surface area contributed by atoms with E-state index in [0.29, 0.717) is 5.02 Å². The molecule has 0 spiro atoms. The Morgan fingerprint density at radius 3 is 2.43 bits per heavy atom. The fourth-order valence-corrected chi connectivity index (χ4v) is 2.94. The molecule has 0 aliphatic heterocycles. The second kappa shape index (κ2) is 9.52. The molecule has 150 valence electrons.